The van der Waals surface area contributed by atoms with Gasteiger partial charge in [-0.05, 0) is 48.7 Å². The van der Waals surface area contributed by atoms with Gasteiger partial charge in [-0.1, -0.05) is 6.07 Å². The molecule has 7 heteroatoms. The summed E-state index contributed by atoms with van der Waals surface area (Å²) in [6.45, 7) is 1.58. The highest BCUT2D eigenvalue weighted by Gasteiger charge is 2.26. The van der Waals surface area contributed by atoms with E-state index < -0.39 is 0 Å². The Bertz CT molecular complexity index is 921. The largest absolute Gasteiger partial charge is 0.355 e. The van der Waals surface area contributed by atoms with Crippen LogP contribution in [0.4, 0.5) is 11.5 Å². The van der Waals surface area contributed by atoms with E-state index in [1.54, 1.807) is 36.5 Å². The van der Waals surface area contributed by atoms with Crippen LogP contribution in [0.3, 0.4) is 0 Å². The van der Waals surface area contributed by atoms with Crippen LogP contribution >= 0.6 is 11.8 Å². The molecule has 1 unspecified atom stereocenters. The number of nitrogens with one attached hydrogen (secondary N) is 1. The molecule has 4 rings (SSSR count). The molecule has 0 spiro atoms. The maximum atomic E-state index is 12.8. The van der Waals surface area contributed by atoms with E-state index >= 15 is 0 Å². The summed E-state index contributed by atoms with van der Waals surface area (Å²) in [6.07, 6.45) is 10.6. The summed E-state index contributed by atoms with van der Waals surface area (Å²) in [5.74, 6) is 1.72. The van der Waals surface area contributed by atoms with E-state index in [0.29, 0.717) is 6.54 Å². The summed E-state index contributed by atoms with van der Waals surface area (Å²) in [5, 5.41) is 3.06. The third-order valence-corrected chi connectivity index (χ3v) is 6.00. The second-order valence-electron chi connectivity index (χ2n) is 7.01. The van der Waals surface area contributed by atoms with Crippen molar-refractivity contribution in [1.29, 1.82) is 0 Å². The molecule has 1 saturated heterocycles. The Morgan fingerprint density at radius 2 is 1.97 bits per heavy atom. The lowest BCUT2D eigenvalue weighted by molar-refractivity contribution is -0.120. The van der Waals surface area contributed by atoms with E-state index in [-0.39, 0.29) is 11.8 Å². The van der Waals surface area contributed by atoms with Gasteiger partial charge in [0.15, 0.2) is 0 Å². The highest BCUT2D eigenvalue weighted by Crippen LogP contribution is 2.25. The van der Waals surface area contributed by atoms with Crippen molar-refractivity contribution in [3.8, 4) is 0 Å². The van der Waals surface area contributed by atoms with Crippen molar-refractivity contribution in [3.63, 3.8) is 0 Å². The van der Waals surface area contributed by atoms with Crippen LogP contribution in [0.1, 0.15) is 18.4 Å². The minimum Gasteiger partial charge on any atom is -0.355 e. The summed E-state index contributed by atoms with van der Waals surface area (Å²) in [6, 6.07) is 12.0. The molecule has 1 fully saturated rings. The minimum absolute atomic E-state index is 0.0506. The molecule has 1 atom stereocenters. The van der Waals surface area contributed by atoms with Gasteiger partial charge in [0.25, 0.3) is 0 Å². The van der Waals surface area contributed by atoms with Gasteiger partial charge in [-0.2, -0.15) is 0 Å². The number of piperidine rings is 1. The van der Waals surface area contributed by atoms with Crippen LogP contribution in [0.5, 0.6) is 0 Å². The van der Waals surface area contributed by atoms with Crippen molar-refractivity contribution in [3.05, 3.63) is 72.9 Å². The van der Waals surface area contributed by atoms with Gasteiger partial charge in [0.2, 0.25) is 5.91 Å². The molecule has 2 aromatic heterocycles. The number of hydrogen-bond acceptors (Lipinski definition) is 6. The summed E-state index contributed by atoms with van der Waals surface area (Å²) >= 11 is 1.75. The average Bonchev–Trinajstić information content (AvgIpc) is 2.80. The van der Waals surface area contributed by atoms with Crippen molar-refractivity contribution >= 4 is 29.2 Å². The second-order valence-corrected chi connectivity index (χ2v) is 8.06. The zero-order chi connectivity index (χ0) is 19.9. The van der Waals surface area contributed by atoms with Crippen molar-refractivity contribution in [2.45, 2.75) is 23.5 Å². The number of amides is 1. The maximum absolute atomic E-state index is 12.8. The summed E-state index contributed by atoms with van der Waals surface area (Å²) in [7, 11) is 0. The van der Waals surface area contributed by atoms with Crippen molar-refractivity contribution in [2.24, 2.45) is 5.92 Å². The van der Waals surface area contributed by atoms with E-state index in [0.717, 1.165) is 36.6 Å². The van der Waals surface area contributed by atoms with Gasteiger partial charge in [0.1, 0.15) is 5.82 Å². The van der Waals surface area contributed by atoms with E-state index in [1.165, 1.54) is 10.5 Å². The Hall–Kier alpha value is -2.93. The van der Waals surface area contributed by atoms with Crippen LogP contribution in [-0.4, -0.2) is 33.9 Å². The summed E-state index contributed by atoms with van der Waals surface area (Å²) in [4.78, 5) is 28.7. The quantitative estimate of drug-likeness (QED) is 0.625. The minimum atomic E-state index is -0.0506. The van der Waals surface area contributed by atoms with Crippen molar-refractivity contribution < 1.29 is 4.79 Å². The second kappa shape index (κ2) is 9.52. The van der Waals surface area contributed by atoms with Crippen LogP contribution in [-0.2, 0) is 10.5 Å². The fourth-order valence-corrected chi connectivity index (χ4v) is 4.22. The monoisotopic (exact) mass is 405 g/mol. The molecular formula is C22H23N5OS. The van der Waals surface area contributed by atoms with Crippen LogP contribution in [0.25, 0.3) is 0 Å². The fourth-order valence-electron chi connectivity index (χ4n) is 3.38. The molecule has 148 valence electrons. The molecule has 6 nitrogen and oxygen atoms in total. The molecular weight excluding hydrogens is 382 g/mol. The van der Waals surface area contributed by atoms with Crippen LogP contribution < -0.4 is 10.2 Å². The predicted octanol–water partition coefficient (Wildman–Crippen LogP) is 4.02. The first-order valence-electron chi connectivity index (χ1n) is 9.71. The number of benzene rings is 1. The van der Waals surface area contributed by atoms with Crippen LogP contribution in [0.15, 0.2) is 72.3 Å². The molecule has 0 saturated carbocycles. The Morgan fingerprint density at radius 3 is 2.72 bits per heavy atom. The number of nitrogens with zero attached hydrogens (tertiary/aromatic N) is 4. The molecule has 0 radical (unpaired) electrons. The fraction of sp³-hybridized carbons (Fsp3) is 0.273. The number of carbonyl (C=O) groups is 1. The van der Waals surface area contributed by atoms with Gasteiger partial charge in [0.05, 0.1) is 12.1 Å². The molecule has 0 bridgehead atoms. The molecule has 1 aromatic carbocycles. The number of aromatic nitrogens is 3. The first kappa shape index (κ1) is 19.4. The lowest BCUT2D eigenvalue weighted by Gasteiger charge is -2.32. The lowest BCUT2D eigenvalue weighted by atomic mass is 9.97. The zero-order valence-corrected chi connectivity index (χ0v) is 16.9. The van der Waals surface area contributed by atoms with E-state index in [2.05, 4.69) is 31.2 Å². The summed E-state index contributed by atoms with van der Waals surface area (Å²) in [5.41, 5.74) is 2.03. The number of carbonyl (C=O) groups excluding carboxylic acids is 1. The number of hydrogen-bond donors (Lipinski definition) is 1. The molecule has 3 heterocycles. The zero-order valence-electron chi connectivity index (χ0n) is 16.1. The van der Waals surface area contributed by atoms with Gasteiger partial charge < -0.3 is 10.2 Å². The smallest absolute Gasteiger partial charge is 0.229 e. The predicted molar refractivity (Wildman–Crippen MR) is 116 cm³/mol. The van der Waals surface area contributed by atoms with E-state index in [1.807, 2.05) is 36.5 Å². The van der Waals surface area contributed by atoms with Crippen molar-refractivity contribution in [2.75, 3.05) is 23.3 Å². The Balaban J connectivity index is 1.31. The first-order valence-corrected chi connectivity index (χ1v) is 10.7. The molecule has 1 aliphatic heterocycles. The third-order valence-electron chi connectivity index (χ3n) is 4.92. The van der Waals surface area contributed by atoms with Gasteiger partial charge in [0, 0.05) is 54.2 Å². The molecule has 3 aromatic rings. The Labute approximate surface area is 174 Å². The molecule has 1 amide bonds. The van der Waals surface area contributed by atoms with Crippen LogP contribution in [0, 0.1) is 5.92 Å². The van der Waals surface area contributed by atoms with Gasteiger partial charge in [-0.15, -0.1) is 11.8 Å². The highest BCUT2D eigenvalue weighted by atomic mass is 32.2. The lowest BCUT2D eigenvalue weighted by Crippen LogP contribution is -2.41. The number of pyridine rings is 1. The third kappa shape index (κ3) is 5.32. The highest BCUT2D eigenvalue weighted by molar-refractivity contribution is 7.98. The Morgan fingerprint density at radius 1 is 1.10 bits per heavy atom. The van der Waals surface area contributed by atoms with Crippen molar-refractivity contribution in [1.82, 2.24) is 15.0 Å². The van der Waals surface area contributed by atoms with Gasteiger partial charge in [-0.25, -0.2) is 4.98 Å². The first-order chi connectivity index (χ1) is 14.3. The SMILES string of the molecule is O=C(Nc1ccc(SCc2cccnc2)cc1)C1CCCN(c2cnccn2)C1. The topological polar surface area (TPSA) is 71.0 Å². The standard InChI is InChI=1S/C22H23N5OS/c28-22(18-4-2-12-27(15-18)21-14-24-10-11-25-21)26-19-5-7-20(8-6-19)29-16-17-3-1-9-23-13-17/h1,3,5-11,13-14,18H,2,4,12,15-16H2,(H,26,28). The molecule has 1 aliphatic rings. The van der Waals surface area contributed by atoms with Gasteiger partial charge >= 0.3 is 0 Å². The molecule has 0 aliphatic carbocycles. The number of rotatable bonds is 6. The van der Waals surface area contributed by atoms with Gasteiger partial charge in [-0.3, -0.25) is 14.8 Å². The number of anilines is 2. The normalized spacial score (nSPS) is 16.4. The summed E-state index contributed by atoms with van der Waals surface area (Å²) < 4.78 is 0. The molecule has 29 heavy (non-hydrogen) atoms. The van der Waals surface area contributed by atoms with Crippen LogP contribution in [0.2, 0.25) is 0 Å². The maximum Gasteiger partial charge on any atom is 0.229 e. The molecule has 1 N–H and O–H groups in total. The van der Waals surface area contributed by atoms with E-state index in [9.17, 15) is 4.79 Å². The number of thioether (sulfide) groups is 1. The Kier molecular flexibility index (Phi) is 6.36. The average molecular weight is 406 g/mol. The van der Waals surface area contributed by atoms with E-state index in [4.69, 9.17) is 0 Å².